The van der Waals surface area contributed by atoms with E-state index >= 15 is 0 Å². The van der Waals surface area contributed by atoms with Crippen molar-refractivity contribution in [2.24, 2.45) is 5.92 Å². The molecule has 1 amide bonds. The molecule has 1 saturated heterocycles. The van der Waals surface area contributed by atoms with E-state index in [1.165, 1.54) is 10.5 Å². The molecule has 0 saturated carbocycles. The number of carbonyl (C=O) groups excluding carboxylic acids is 1. The molecular weight excluding hydrogens is 434 g/mol. The Labute approximate surface area is 198 Å². The Hall–Kier alpha value is -3.35. The van der Waals surface area contributed by atoms with Gasteiger partial charge in [-0.3, -0.25) is 4.79 Å². The lowest BCUT2D eigenvalue weighted by Crippen LogP contribution is -3.11. The Morgan fingerprint density at radius 3 is 2.39 bits per heavy atom. The first kappa shape index (κ1) is 21.5. The number of benzene rings is 2. The van der Waals surface area contributed by atoms with Crippen LogP contribution >= 0.6 is 11.6 Å². The van der Waals surface area contributed by atoms with Gasteiger partial charge in [0, 0.05) is 41.9 Å². The number of piperidine rings is 1. The summed E-state index contributed by atoms with van der Waals surface area (Å²) in [6, 6.07) is 21.5. The fourth-order valence-corrected chi connectivity index (χ4v) is 4.65. The summed E-state index contributed by atoms with van der Waals surface area (Å²) in [5, 5.41) is 8.41. The van der Waals surface area contributed by atoms with Gasteiger partial charge in [-0.25, -0.2) is 4.68 Å². The highest BCUT2D eigenvalue weighted by Gasteiger charge is 2.29. The molecule has 0 radical (unpaired) electrons. The van der Waals surface area contributed by atoms with Gasteiger partial charge in [0.05, 0.1) is 30.5 Å². The van der Waals surface area contributed by atoms with Gasteiger partial charge in [-0.15, -0.1) is 0 Å². The van der Waals surface area contributed by atoms with Gasteiger partial charge in [-0.1, -0.05) is 29.8 Å². The smallest absolute Gasteiger partial charge is 0.227 e. The molecule has 0 unspecified atom stereocenters. The Bertz CT molecular complexity index is 1190. The van der Waals surface area contributed by atoms with E-state index in [4.69, 9.17) is 16.7 Å². The third-order valence-corrected chi connectivity index (χ3v) is 6.53. The van der Waals surface area contributed by atoms with Gasteiger partial charge >= 0.3 is 0 Å². The molecule has 0 bridgehead atoms. The molecule has 5 rings (SSSR count). The first-order valence-electron chi connectivity index (χ1n) is 11.3. The zero-order valence-electron chi connectivity index (χ0n) is 18.3. The third kappa shape index (κ3) is 4.87. The number of nitrogens with zero attached hydrogens (tertiary/aromatic N) is 3. The summed E-state index contributed by atoms with van der Waals surface area (Å²) in [6.07, 6.45) is 7.85. The molecule has 168 valence electrons. The minimum absolute atomic E-state index is 0.0420. The molecule has 1 aliphatic rings. The topological polar surface area (TPSA) is 56.3 Å². The maximum Gasteiger partial charge on any atom is 0.227 e. The third-order valence-electron chi connectivity index (χ3n) is 6.28. The molecule has 1 fully saturated rings. The van der Waals surface area contributed by atoms with Gasteiger partial charge in [-0.05, 0) is 48.5 Å². The number of quaternary nitrogens is 1. The molecule has 33 heavy (non-hydrogen) atoms. The van der Waals surface area contributed by atoms with Crippen LogP contribution in [0.3, 0.4) is 0 Å². The quantitative estimate of drug-likeness (QED) is 0.460. The summed E-state index contributed by atoms with van der Waals surface area (Å²) in [5.41, 5.74) is 3.04. The van der Waals surface area contributed by atoms with Crippen molar-refractivity contribution >= 4 is 23.2 Å². The van der Waals surface area contributed by atoms with Crippen LogP contribution in [0.2, 0.25) is 5.02 Å². The monoisotopic (exact) mass is 460 g/mol. The van der Waals surface area contributed by atoms with Crippen molar-refractivity contribution in [1.29, 1.82) is 0 Å². The van der Waals surface area contributed by atoms with Gasteiger partial charge in [-0.2, -0.15) is 5.10 Å². The molecule has 6 nitrogen and oxygen atoms in total. The van der Waals surface area contributed by atoms with Crippen LogP contribution in [0.15, 0.2) is 85.3 Å². The first-order valence-corrected chi connectivity index (χ1v) is 11.7. The van der Waals surface area contributed by atoms with Gasteiger partial charge in [0.25, 0.3) is 0 Å². The fraction of sp³-hybridized carbons (Fsp3) is 0.231. The molecule has 2 aromatic heterocycles. The van der Waals surface area contributed by atoms with Gasteiger partial charge in [0.2, 0.25) is 5.91 Å². The van der Waals surface area contributed by atoms with Crippen molar-refractivity contribution in [2.45, 2.75) is 19.4 Å². The number of hydrogen-bond acceptors (Lipinski definition) is 2. The SMILES string of the molecule is O=C(Nc1ccc(Cl)cc1)C1CC[NH+](Cc2cnn(-c3ccccc3)c2-n2cccc2)CC1. The molecule has 2 aromatic carbocycles. The van der Waals surface area contributed by atoms with E-state index in [9.17, 15) is 4.79 Å². The average Bonchev–Trinajstić information content (AvgIpc) is 3.51. The van der Waals surface area contributed by atoms with Gasteiger partial charge < -0.3 is 14.8 Å². The average molecular weight is 461 g/mol. The van der Waals surface area contributed by atoms with Crippen molar-refractivity contribution in [3.8, 4) is 11.5 Å². The predicted molar refractivity (Wildman–Crippen MR) is 130 cm³/mol. The molecule has 4 aromatic rings. The Kier molecular flexibility index (Phi) is 6.28. The van der Waals surface area contributed by atoms with Crippen LogP contribution in [0.4, 0.5) is 5.69 Å². The van der Waals surface area contributed by atoms with Crippen LogP contribution in [0, 0.1) is 5.92 Å². The molecule has 7 heteroatoms. The second-order valence-electron chi connectivity index (χ2n) is 8.53. The number of likely N-dealkylation sites (tertiary alicyclic amines) is 1. The van der Waals surface area contributed by atoms with Crippen LogP contribution in [-0.2, 0) is 11.3 Å². The maximum atomic E-state index is 12.7. The number of amides is 1. The molecule has 0 spiro atoms. The first-order chi connectivity index (χ1) is 16.2. The van der Waals surface area contributed by atoms with E-state index in [1.807, 2.05) is 53.3 Å². The van der Waals surface area contributed by atoms with E-state index in [1.54, 1.807) is 12.1 Å². The fourth-order valence-electron chi connectivity index (χ4n) is 4.52. The number of aromatic nitrogens is 3. The summed E-state index contributed by atoms with van der Waals surface area (Å²) in [7, 11) is 0. The summed E-state index contributed by atoms with van der Waals surface area (Å²) in [5.74, 6) is 1.21. The molecule has 0 atom stereocenters. The van der Waals surface area contributed by atoms with E-state index in [0.717, 1.165) is 49.7 Å². The van der Waals surface area contributed by atoms with Crippen molar-refractivity contribution in [3.63, 3.8) is 0 Å². The van der Waals surface area contributed by atoms with Crippen LogP contribution in [-0.4, -0.2) is 33.3 Å². The molecule has 2 N–H and O–H groups in total. The number of anilines is 1. The van der Waals surface area contributed by atoms with E-state index in [-0.39, 0.29) is 11.8 Å². The summed E-state index contributed by atoms with van der Waals surface area (Å²) >= 11 is 5.94. The van der Waals surface area contributed by atoms with Crippen molar-refractivity contribution in [3.05, 3.63) is 95.9 Å². The number of hydrogen-bond donors (Lipinski definition) is 2. The van der Waals surface area contributed by atoms with E-state index < -0.39 is 0 Å². The standard InChI is InChI=1S/C26H26ClN5O/c27-22-8-10-23(11-9-22)29-25(33)20-12-16-30(17-13-20)19-21-18-28-32(24-6-2-1-3-7-24)26(21)31-14-4-5-15-31/h1-11,14-15,18,20H,12-13,16-17,19H2,(H,29,33)/p+1. The molecular formula is C26H27ClN5O+. The maximum absolute atomic E-state index is 12.7. The zero-order valence-corrected chi connectivity index (χ0v) is 19.1. The highest BCUT2D eigenvalue weighted by molar-refractivity contribution is 6.30. The van der Waals surface area contributed by atoms with Crippen LogP contribution in [0.25, 0.3) is 11.5 Å². The highest BCUT2D eigenvalue weighted by atomic mass is 35.5. The molecule has 3 heterocycles. The van der Waals surface area contributed by atoms with Crippen LogP contribution in [0.5, 0.6) is 0 Å². The number of para-hydroxylation sites is 1. The number of carbonyl (C=O) groups is 1. The summed E-state index contributed by atoms with van der Waals surface area (Å²) < 4.78 is 4.13. The second-order valence-corrected chi connectivity index (χ2v) is 8.96. The summed E-state index contributed by atoms with van der Waals surface area (Å²) in [6.45, 7) is 2.80. The minimum Gasteiger partial charge on any atom is -0.331 e. The number of halogens is 1. The predicted octanol–water partition coefficient (Wildman–Crippen LogP) is 3.75. The normalized spacial score (nSPS) is 18.2. The minimum atomic E-state index is 0.0420. The zero-order chi connectivity index (χ0) is 22.6. The molecule has 0 aliphatic carbocycles. The lowest BCUT2D eigenvalue weighted by molar-refractivity contribution is -0.919. The summed E-state index contributed by atoms with van der Waals surface area (Å²) in [4.78, 5) is 14.2. The highest BCUT2D eigenvalue weighted by Crippen LogP contribution is 2.20. The van der Waals surface area contributed by atoms with Crippen molar-refractivity contribution < 1.29 is 9.69 Å². The van der Waals surface area contributed by atoms with Crippen LogP contribution in [0.1, 0.15) is 18.4 Å². The number of nitrogens with one attached hydrogen (secondary N) is 2. The second kappa shape index (κ2) is 9.65. The van der Waals surface area contributed by atoms with Crippen molar-refractivity contribution in [2.75, 3.05) is 18.4 Å². The molecule has 1 aliphatic heterocycles. The van der Waals surface area contributed by atoms with E-state index in [0.29, 0.717) is 5.02 Å². The van der Waals surface area contributed by atoms with Gasteiger partial charge in [0.1, 0.15) is 12.4 Å². The lowest BCUT2D eigenvalue weighted by Gasteiger charge is -2.28. The number of rotatable bonds is 6. The van der Waals surface area contributed by atoms with E-state index in [2.05, 4.69) is 34.4 Å². The largest absolute Gasteiger partial charge is 0.331 e. The lowest BCUT2D eigenvalue weighted by atomic mass is 9.95. The van der Waals surface area contributed by atoms with Crippen molar-refractivity contribution in [1.82, 2.24) is 14.3 Å². The van der Waals surface area contributed by atoms with Crippen LogP contribution < -0.4 is 10.2 Å². The Morgan fingerprint density at radius 2 is 1.70 bits per heavy atom. The Balaban J connectivity index is 1.26. The van der Waals surface area contributed by atoms with Gasteiger partial charge in [0.15, 0.2) is 0 Å². The Morgan fingerprint density at radius 1 is 1.00 bits per heavy atom.